The van der Waals surface area contributed by atoms with Gasteiger partial charge >= 0.3 is 0 Å². The second-order valence-corrected chi connectivity index (χ2v) is 3.75. The standard InChI is InChI=1S/C9H18N2O/c1-3-4-7-5-8(9(10)12)11(2)6-7/h7-8H,3-6H2,1-2H3,(H2,10,12)/t7-,8+/m1/s1. The Morgan fingerprint density at radius 2 is 2.33 bits per heavy atom. The summed E-state index contributed by atoms with van der Waals surface area (Å²) in [6, 6.07) is -0.0125. The van der Waals surface area contributed by atoms with Crippen molar-refractivity contribution in [2.24, 2.45) is 11.7 Å². The van der Waals surface area contributed by atoms with E-state index in [0.29, 0.717) is 5.92 Å². The molecule has 0 aromatic rings. The largest absolute Gasteiger partial charge is 0.368 e. The summed E-state index contributed by atoms with van der Waals surface area (Å²) in [5.74, 6) is 0.508. The lowest BCUT2D eigenvalue weighted by molar-refractivity contribution is -0.121. The number of amides is 1. The van der Waals surface area contributed by atoms with E-state index in [1.165, 1.54) is 12.8 Å². The number of primary amides is 1. The molecule has 0 aliphatic carbocycles. The summed E-state index contributed by atoms with van der Waals surface area (Å²) in [4.78, 5) is 13.0. The monoisotopic (exact) mass is 170 g/mol. The number of carbonyl (C=O) groups is 1. The minimum Gasteiger partial charge on any atom is -0.368 e. The van der Waals surface area contributed by atoms with Crippen LogP contribution in [0.1, 0.15) is 26.2 Å². The molecule has 1 amide bonds. The third-order valence-corrected chi connectivity index (χ3v) is 2.66. The number of carbonyl (C=O) groups excluding carboxylic acids is 1. The number of rotatable bonds is 3. The van der Waals surface area contributed by atoms with Crippen molar-refractivity contribution in [3.8, 4) is 0 Å². The maximum absolute atomic E-state index is 10.9. The first-order valence-corrected chi connectivity index (χ1v) is 4.64. The quantitative estimate of drug-likeness (QED) is 0.674. The van der Waals surface area contributed by atoms with Crippen LogP contribution in [-0.4, -0.2) is 30.4 Å². The van der Waals surface area contributed by atoms with Gasteiger partial charge in [0, 0.05) is 6.54 Å². The molecule has 0 aromatic heterocycles. The van der Waals surface area contributed by atoms with E-state index in [1.807, 2.05) is 7.05 Å². The topological polar surface area (TPSA) is 46.3 Å². The van der Waals surface area contributed by atoms with Gasteiger partial charge in [0.05, 0.1) is 6.04 Å². The molecule has 2 atom stereocenters. The zero-order valence-electron chi connectivity index (χ0n) is 7.92. The molecule has 0 spiro atoms. The van der Waals surface area contributed by atoms with E-state index in [4.69, 9.17) is 5.73 Å². The van der Waals surface area contributed by atoms with E-state index in [0.717, 1.165) is 13.0 Å². The van der Waals surface area contributed by atoms with Crippen LogP contribution in [0.5, 0.6) is 0 Å². The molecule has 12 heavy (non-hydrogen) atoms. The molecule has 3 heteroatoms. The molecular formula is C9H18N2O. The maximum Gasteiger partial charge on any atom is 0.234 e. The van der Waals surface area contributed by atoms with Gasteiger partial charge in [-0.2, -0.15) is 0 Å². The molecule has 0 aromatic carbocycles. The lowest BCUT2D eigenvalue weighted by Crippen LogP contribution is -2.37. The van der Waals surface area contributed by atoms with Gasteiger partial charge in [-0.1, -0.05) is 13.3 Å². The third kappa shape index (κ3) is 1.97. The van der Waals surface area contributed by atoms with Crippen molar-refractivity contribution >= 4 is 5.91 Å². The number of likely N-dealkylation sites (tertiary alicyclic amines) is 1. The Balaban J connectivity index is 2.44. The van der Waals surface area contributed by atoms with E-state index in [-0.39, 0.29) is 11.9 Å². The third-order valence-electron chi connectivity index (χ3n) is 2.66. The minimum atomic E-state index is -0.170. The van der Waals surface area contributed by atoms with Crippen LogP contribution in [0.2, 0.25) is 0 Å². The molecule has 0 unspecified atom stereocenters. The van der Waals surface area contributed by atoms with Gasteiger partial charge in [-0.25, -0.2) is 0 Å². The van der Waals surface area contributed by atoms with Gasteiger partial charge < -0.3 is 5.73 Å². The number of nitrogens with zero attached hydrogens (tertiary/aromatic N) is 1. The van der Waals surface area contributed by atoms with Crippen molar-refractivity contribution in [3.63, 3.8) is 0 Å². The van der Waals surface area contributed by atoms with Gasteiger partial charge in [-0.15, -0.1) is 0 Å². The molecule has 0 saturated carbocycles. The Labute approximate surface area is 73.9 Å². The normalized spacial score (nSPS) is 30.8. The van der Waals surface area contributed by atoms with Gasteiger partial charge in [0.15, 0.2) is 0 Å². The van der Waals surface area contributed by atoms with Crippen LogP contribution in [0, 0.1) is 5.92 Å². The van der Waals surface area contributed by atoms with Gasteiger partial charge in [0.1, 0.15) is 0 Å². The van der Waals surface area contributed by atoms with Crippen LogP contribution in [0.25, 0.3) is 0 Å². The van der Waals surface area contributed by atoms with Crippen molar-refractivity contribution in [2.75, 3.05) is 13.6 Å². The SMILES string of the molecule is CCC[C@@H]1C[C@@H](C(N)=O)N(C)C1. The minimum absolute atomic E-state index is 0.0125. The van der Waals surface area contributed by atoms with Gasteiger partial charge in [-0.3, -0.25) is 9.69 Å². The fourth-order valence-corrected chi connectivity index (χ4v) is 2.06. The van der Waals surface area contributed by atoms with Crippen molar-refractivity contribution < 1.29 is 4.79 Å². The molecule has 70 valence electrons. The number of hydrogen-bond donors (Lipinski definition) is 1. The van der Waals surface area contributed by atoms with Crippen LogP contribution in [0.3, 0.4) is 0 Å². The first kappa shape index (κ1) is 9.52. The fourth-order valence-electron chi connectivity index (χ4n) is 2.06. The predicted octanol–water partition coefficient (Wildman–Crippen LogP) is 0.592. The molecule has 0 radical (unpaired) electrons. The van der Waals surface area contributed by atoms with Crippen LogP contribution >= 0.6 is 0 Å². The molecule has 1 aliphatic heterocycles. The Morgan fingerprint density at radius 3 is 2.75 bits per heavy atom. The maximum atomic E-state index is 10.9. The summed E-state index contributed by atoms with van der Waals surface area (Å²) in [6.45, 7) is 3.21. The zero-order valence-corrected chi connectivity index (χ0v) is 7.92. The summed E-state index contributed by atoms with van der Waals surface area (Å²) >= 11 is 0. The first-order chi connectivity index (χ1) is 5.65. The highest BCUT2D eigenvalue weighted by atomic mass is 16.1. The molecule has 1 saturated heterocycles. The fraction of sp³-hybridized carbons (Fsp3) is 0.889. The highest BCUT2D eigenvalue weighted by Crippen LogP contribution is 2.24. The molecule has 1 aliphatic rings. The Bertz CT molecular complexity index is 170. The molecule has 1 rings (SSSR count). The predicted molar refractivity (Wildman–Crippen MR) is 48.6 cm³/mol. The molecular weight excluding hydrogens is 152 g/mol. The van der Waals surface area contributed by atoms with Crippen LogP contribution in [0.4, 0.5) is 0 Å². The Morgan fingerprint density at radius 1 is 1.67 bits per heavy atom. The van der Waals surface area contributed by atoms with Gasteiger partial charge in [0.2, 0.25) is 5.91 Å². The molecule has 1 fully saturated rings. The highest BCUT2D eigenvalue weighted by Gasteiger charge is 2.32. The summed E-state index contributed by atoms with van der Waals surface area (Å²) in [5.41, 5.74) is 5.27. The van der Waals surface area contributed by atoms with E-state index >= 15 is 0 Å². The van der Waals surface area contributed by atoms with Gasteiger partial charge in [0.25, 0.3) is 0 Å². The summed E-state index contributed by atoms with van der Waals surface area (Å²) < 4.78 is 0. The van der Waals surface area contributed by atoms with Crippen LogP contribution < -0.4 is 5.73 Å². The van der Waals surface area contributed by atoms with Crippen molar-refractivity contribution in [2.45, 2.75) is 32.2 Å². The van der Waals surface area contributed by atoms with Crippen molar-refractivity contribution in [3.05, 3.63) is 0 Å². The smallest absolute Gasteiger partial charge is 0.234 e. The second kappa shape index (κ2) is 3.90. The second-order valence-electron chi connectivity index (χ2n) is 3.75. The van der Waals surface area contributed by atoms with E-state index in [9.17, 15) is 4.79 Å². The number of nitrogens with two attached hydrogens (primary N) is 1. The van der Waals surface area contributed by atoms with E-state index in [2.05, 4.69) is 11.8 Å². The lowest BCUT2D eigenvalue weighted by atomic mass is 10.0. The van der Waals surface area contributed by atoms with E-state index in [1.54, 1.807) is 0 Å². The lowest BCUT2D eigenvalue weighted by Gasteiger charge is -2.14. The molecule has 3 nitrogen and oxygen atoms in total. The van der Waals surface area contributed by atoms with Gasteiger partial charge in [-0.05, 0) is 25.8 Å². The van der Waals surface area contributed by atoms with Crippen LogP contribution in [-0.2, 0) is 4.79 Å². The molecule has 1 heterocycles. The van der Waals surface area contributed by atoms with Crippen LogP contribution in [0.15, 0.2) is 0 Å². The first-order valence-electron chi connectivity index (χ1n) is 4.64. The number of likely N-dealkylation sites (N-methyl/N-ethyl adjacent to an activating group) is 1. The Hall–Kier alpha value is -0.570. The summed E-state index contributed by atoms with van der Waals surface area (Å²) in [5, 5.41) is 0. The number of hydrogen-bond acceptors (Lipinski definition) is 2. The molecule has 2 N–H and O–H groups in total. The molecule has 0 bridgehead atoms. The summed E-state index contributed by atoms with van der Waals surface area (Å²) in [7, 11) is 1.98. The van der Waals surface area contributed by atoms with Crippen molar-refractivity contribution in [1.29, 1.82) is 0 Å². The van der Waals surface area contributed by atoms with Crippen molar-refractivity contribution in [1.82, 2.24) is 4.90 Å². The highest BCUT2D eigenvalue weighted by molar-refractivity contribution is 5.80. The average molecular weight is 170 g/mol. The van der Waals surface area contributed by atoms with E-state index < -0.39 is 0 Å². The average Bonchev–Trinajstić information content (AvgIpc) is 2.32. The zero-order chi connectivity index (χ0) is 9.14. The summed E-state index contributed by atoms with van der Waals surface area (Å²) in [6.07, 6.45) is 3.37. The Kier molecular flexibility index (Phi) is 3.09.